The van der Waals surface area contributed by atoms with E-state index < -0.39 is 0 Å². The summed E-state index contributed by atoms with van der Waals surface area (Å²) in [6.07, 6.45) is 3.37. The van der Waals surface area contributed by atoms with Gasteiger partial charge >= 0.3 is 0 Å². The van der Waals surface area contributed by atoms with Crippen LogP contribution in [-0.4, -0.2) is 23.1 Å². The second-order valence-corrected chi connectivity index (χ2v) is 2.56. The van der Waals surface area contributed by atoms with Crippen LogP contribution in [0.2, 0.25) is 0 Å². The second kappa shape index (κ2) is 5.48. The van der Waals surface area contributed by atoms with E-state index in [-0.39, 0.29) is 0 Å². The summed E-state index contributed by atoms with van der Waals surface area (Å²) < 4.78 is 5.23. The number of hydrogen-bond acceptors (Lipinski definition) is 4. The van der Waals surface area contributed by atoms with Gasteiger partial charge < -0.3 is 10.1 Å². The van der Waals surface area contributed by atoms with E-state index in [1.54, 1.807) is 12.4 Å². The predicted molar refractivity (Wildman–Crippen MR) is 50.6 cm³/mol. The van der Waals surface area contributed by atoms with E-state index in [0.717, 1.165) is 18.8 Å². The molecule has 0 atom stereocenters. The van der Waals surface area contributed by atoms with Crippen LogP contribution in [0, 0.1) is 0 Å². The van der Waals surface area contributed by atoms with Crippen LogP contribution in [0.4, 0.5) is 0 Å². The summed E-state index contributed by atoms with van der Waals surface area (Å²) >= 11 is 0. The van der Waals surface area contributed by atoms with Crippen LogP contribution in [0.15, 0.2) is 12.4 Å². The summed E-state index contributed by atoms with van der Waals surface area (Å²) in [4.78, 5) is 8.28. The van der Waals surface area contributed by atoms with Crippen LogP contribution in [0.5, 0.6) is 5.88 Å². The molecule has 72 valence electrons. The Morgan fingerprint density at radius 1 is 1.38 bits per heavy atom. The quantitative estimate of drug-likeness (QED) is 0.735. The molecule has 0 amide bonds. The third-order valence-electron chi connectivity index (χ3n) is 1.51. The molecule has 4 nitrogen and oxygen atoms in total. The van der Waals surface area contributed by atoms with Crippen molar-refractivity contribution in [2.75, 3.05) is 13.2 Å². The Balaban J connectivity index is 2.56. The van der Waals surface area contributed by atoms with Gasteiger partial charge in [0.05, 0.1) is 18.5 Å². The molecule has 0 radical (unpaired) electrons. The largest absolute Gasteiger partial charge is 0.477 e. The SMILES string of the molecule is CCNCc1cncc(OCC)n1. The zero-order chi connectivity index (χ0) is 9.52. The summed E-state index contributed by atoms with van der Waals surface area (Å²) in [6, 6.07) is 0. The maximum atomic E-state index is 5.23. The van der Waals surface area contributed by atoms with Gasteiger partial charge in [-0.3, -0.25) is 4.98 Å². The molecule has 0 saturated carbocycles. The monoisotopic (exact) mass is 181 g/mol. The lowest BCUT2D eigenvalue weighted by molar-refractivity contribution is 0.324. The van der Waals surface area contributed by atoms with Gasteiger partial charge in [-0.15, -0.1) is 0 Å². The van der Waals surface area contributed by atoms with E-state index in [4.69, 9.17) is 4.74 Å². The highest BCUT2D eigenvalue weighted by Crippen LogP contribution is 2.04. The number of nitrogens with zero attached hydrogens (tertiary/aromatic N) is 2. The van der Waals surface area contributed by atoms with Crippen molar-refractivity contribution < 1.29 is 4.74 Å². The number of ether oxygens (including phenoxy) is 1. The molecule has 0 bridgehead atoms. The summed E-state index contributed by atoms with van der Waals surface area (Å²) in [7, 11) is 0. The molecule has 0 saturated heterocycles. The Hall–Kier alpha value is -1.16. The molecule has 1 aromatic heterocycles. The van der Waals surface area contributed by atoms with Crippen molar-refractivity contribution in [3.8, 4) is 5.88 Å². The van der Waals surface area contributed by atoms with Crippen molar-refractivity contribution in [1.29, 1.82) is 0 Å². The van der Waals surface area contributed by atoms with Crippen LogP contribution < -0.4 is 10.1 Å². The van der Waals surface area contributed by atoms with Gasteiger partial charge in [-0.05, 0) is 13.5 Å². The molecule has 1 rings (SSSR count). The highest BCUT2D eigenvalue weighted by Gasteiger charge is 1.97. The van der Waals surface area contributed by atoms with E-state index >= 15 is 0 Å². The maximum Gasteiger partial charge on any atom is 0.232 e. The molecule has 1 aromatic rings. The molecule has 1 N–H and O–H groups in total. The molecule has 0 aliphatic heterocycles. The average molecular weight is 181 g/mol. The smallest absolute Gasteiger partial charge is 0.232 e. The molecule has 0 aromatic carbocycles. The van der Waals surface area contributed by atoms with Crippen molar-refractivity contribution in [3.63, 3.8) is 0 Å². The molecule has 0 aliphatic carbocycles. The van der Waals surface area contributed by atoms with Gasteiger partial charge in [0.15, 0.2) is 0 Å². The normalized spacial score (nSPS) is 10.0. The summed E-state index contributed by atoms with van der Waals surface area (Å²) in [5, 5.41) is 3.18. The molecule has 0 fully saturated rings. The van der Waals surface area contributed by atoms with Crippen molar-refractivity contribution in [2.24, 2.45) is 0 Å². The fraction of sp³-hybridized carbons (Fsp3) is 0.556. The third-order valence-corrected chi connectivity index (χ3v) is 1.51. The Bertz CT molecular complexity index is 252. The number of hydrogen-bond donors (Lipinski definition) is 1. The minimum atomic E-state index is 0.595. The van der Waals surface area contributed by atoms with Crippen LogP contribution in [0.25, 0.3) is 0 Å². The van der Waals surface area contributed by atoms with Gasteiger partial charge in [0, 0.05) is 12.7 Å². The molecule has 0 aliphatic rings. The summed E-state index contributed by atoms with van der Waals surface area (Å²) in [5.74, 6) is 0.595. The predicted octanol–water partition coefficient (Wildman–Crippen LogP) is 0.985. The Kier molecular flexibility index (Phi) is 4.18. The van der Waals surface area contributed by atoms with Crippen molar-refractivity contribution >= 4 is 0 Å². The Morgan fingerprint density at radius 3 is 2.92 bits per heavy atom. The number of rotatable bonds is 5. The van der Waals surface area contributed by atoms with Gasteiger partial charge in [-0.1, -0.05) is 6.92 Å². The van der Waals surface area contributed by atoms with Crippen LogP contribution in [0.3, 0.4) is 0 Å². The molecule has 13 heavy (non-hydrogen) atoms. The van der Waals surface area contributed by atoms with E-state index in [2.05, 4.69) is 22.2 Å². The Labute approximate surface area is 78.4 Å². The van der Waals surface area contributed by atoms with E-state index in [0.29, 0.717) is 12.5 Å². The van der Waals surface area contributed by atoms with Crippen LogP contribution in [0.1, 0.15) is 19.5 Å². The first-order valence-corrected chi connectivity index (χ1v) is 4.51. The van der Waals surface area contributed by atoms with Crippen molar-refractivity contribution in [1.82, 2.24) is 15.3 Å². The van der Waals surface area contributed by atoms with Gasteiger partial charge in [0.1, 0.15) is 0 Å². The zero-order valence-electron chi connectivity index (χ0n) is 8.08. The summed E-state index contributed by atoms with van der Waals surface area (Å²) in [6.45, 7) is 6.28. The van der Waals surface area contributed by atoms with Crippen molar-refractivity contribution in [3.05, 3.63) is 18.1 Å². The highest BCUT2D eigenvalue weighted by molar-refractivity contribution is 5.07. The number of nitrogens with one attached hydrogen (secondary N) is 1. The first-order valence-electron chi connectivity index (χ1n) is 4.51. The molecular formula is C9H15N3O. The standard InChI is InChI=1S/C9H15N3O/c1-3-10-5-8-6-11-7-9(12-8)13-4-2/h6-7,10H,3-5H2,1-2H3. The van der Waals surface area contributed by atoms with Crippen LogP contribution in [-0.2, 0) is 6.54 Å². The molecule has 4 heteroatoms. The minimum Gasteiger partial charge on any atom is -0.477 e. The average Bonchev–Trinajstić information content (AvgIpc) is 2.16. The fourth-order valence-electron chi connectivity index (χ4n) is 0.942. The first-order chi connectivity index (χ1) is 6.36. The molecular weight excluding hydrogens is 166 g/mol. The second-order valence-electron chi connectivity index (χ2n) is 2.56. The van der Waals surface area contributed by atoms with E-state index in [1.165, 1.54) is 0 Å². The van der Waals surface area contributed by atoms with Crippen molar-refractivity contribution in [2.45, 2.75) is 20.4 Å². The summed E-state index contributed by atoms with van der Waals surface area (Å²) in [5.41, 5.74) is 0.910. The topological polar surface area (TPSA) is 47.0 Å². The zero-order valence-corrected chi connectivity index (χ0v) is 8.08. The molecule has 1 heterocycles. The molecule has 0 spiro atoms. The van der Waals surface area contributed by atoms with Gasteiger partial charge in [-0.2, -0.15) is 0 Å². The van der Waals surface area contributed by atoms with Gasteiger partial charge in [-0.25, -0.2) is 4.98 Å². The lowest BCUT2D eigenvalue weighted by atomic mass is 10.4. The fourth-order valence-corrected chi connectivity index (χ4v) is 0.942. The van der Waals surface area contributed by atoms with E-state index in [9.17, 15) is 0 Å². The minimum absolute atomic E-state index is 0.595. The first kappa shape index (κ1) is 9.92. The Morgan fingerprint density at radius 2 is 2.23 bits per heavy atom. The lowest BCUT2D eigenvalue weighted by Crippen LogP contribution is -2.13. The highest BCUT2D eigenvalue weighted by atomic mass is 16.5. The van der Waals surface area contributed by atoms with Crippen LogP contribution >= 0.6 is 0 Å². The lowest BCUT2D eigenvalue weighted by Gasteiger charge is -2.04. The van der Waals surface area contributed by atoms with Gasteiger partial charge in [0.2, 0.25) is 5.88 Å². The maximum absolute atomic E-state index is 5.23. The van der Waals surface area contributed by atoms with E-state index in [1.807, 2.05) is 6.92 Å². The molecule has 0 unspecified atom stereocenters. The van der Waals surface area contributed by atoms with Gasteiger partial charge in [0.25, 0.3) is 0 Å². The number of aromatic nitrogens is 2. The third kappa shape index (κ3) is 3.38.